The topological polar surface area (TPSA) is 35.5 Å². The average Bonchev–Trinajstić information content (AvgIpc) is 2.75. The molecule has 0 aromatic heterocycles. The minimum Gasteiger partial charge on any atom is -0.388 e. The van der Waals surface area contributed by atoms with Crippen molar-refractivity contribution in [2.75, 3.05) is 37.7 Å². The highest BCUT2D eigenvalue weighted by molar-refractivity contribution is 7.99. The summed E-state index contributed by atoms with van der Waals surface area (Å²) in [4.78, 5) is 2.52. The zero-order valence-electron chi connectivity index (χ0n) is 11.1. The third kappa shape index (κ3) is 3.60. The van der Waals surface area contributed by atoms with E-state index in [1.807, 2.05) is 11.8 Å². The van der Waals surface area contributed by atoms with Crippen LogP contribution in [0.5, 0.6) is 0 Å². The number of nitrogens with one attached hydrogen (secondary N) is 1. The van der Waals surface area contributed by atoms with Crippen molar-refractivity contribution in [1.29, 1.82) is 0 Å². The van der Waals surface area contributed by atoms with Crippen LogP contribution in [0.25, 0.3) is 0 Å². The number of piperidine rings is 1. The van der Waals surface area contributed by atoms with Crippen LogP contribution in [0.4, 0.5) is 0 Å². The minimum absolute atomic E-state index is 0.438. The van der Waals surface area contributed by atoms with E-state index in [0.717, 1.165) is 31.0 Å². The van der Waals surface area contributed by atoms with Crippen LogP contribution in [0.1, 0.15) is 26.7 Å². The highest BCUT2D eigenvalue weighted by Crippen LogP contribution is 2.27. The highest BCUT2D eigenvalue weighted by Gasteiger charge is 2.33. The van der Waals surface area contributed by atoms with Crippen molar-refractivity contribution in [1.82, 2.24) is 10.2 Å². The molecule has 17 heavy (non-hydrogen) atoms. The fourth-order valence-electron chi connectivity index (χ4n) is 2.88. The molecular weight excluding hydrogens is 232 g/mol. The van der Waals surface area contributed by atoms with E-state index < -0.39 is 5.60 Å². The Labute approximate surface area is 109 Å². The molecule has 4 heteroatoms. The van der Waals surface area contributed by atoms with Crippen molar-refractivity contribution < 1.29 is 5.11 Å². The average molecular weight is 258 g/mol. The van der Waals surface area contributed by atoms with Gasteiger partial charge in [0.1, 0.15) is 0 Å². The van der Waals surface area contributed by atoms with Gasteiger partial charge in [0, 0.05) is 24.9 Å². The van der Waals surface area contributed by atoms with E-state index in [1.54, 1.807) is 0 Å². The Kier molecular flexibility index (Phi) is 4.75. The molecule has 2 rings (SSSR count). The Morgan fingerprint density at radius 2 is 2.35 bits per heavy atom. The van der Waals surface area contributed by atoms with E-state index in [2.05, 4.69) is 24.1 Å². The summed E-state index contributed by atoms with van der Waals surface area (Å²) in [5.74, 6) is 2.71. The second-order valence-corrected chi connectivity index (χ2v) is 6.78. The summed E-state index contributed by atoms with van der Waals surface area (Å²) in [5.41, 5.74) is -0.438. The summed E-state index contributed by atoms with van der Waals surface area (Å²) >= 11 is 1.87. The first-order valence-corrected chi connectivity index (χ1v) is 8.04. The van der Waals surface area contributed by atoms with Crippen LogP contribution >= 0.6 is 11.8 Å². The maximum atomic E-state index is 10.3. The Bertz CT molecular complexity index is 244. The third-order valence-corrected chi connectivity index (χ3v) is 5.45. The molecule has 3 atom stereocenters. The number of thioether (sulfide) groups is 1. The van der Waals surface area contributed by atoms with Gasteiger partial charge in [-0.2, -0.15) is 11.8 Å². The largest absolute Gasteiger partial charge is 0.388 e. The molecule has 3 nitrogen and oxygen atoms in total. The summed E-state index contributed by atoms with van der Waals surface area (Å²) in [7, 11) is 0. The van der Waals surface area contributed by atoms with Gasteiger partial charge in [-0.25, -0.2) is 0 Å². The summed E-state index contributed by atoms with van der Waals surface area (Å²) < 4.78 is 0. The second kappa shape index (κ2) is 5.91. The molecule has 2 saturated heterocycles. The van der Waals surface area contributed by atoms with Gasteiger partial charge in [-0.1, -0.05) is 13.8 Å². The summed E-state index contributed by atoms with van der Waals surface area (Å²) in [6, 6.07) is 0.590. The Balaban J connectivity index is 1.76. The van der Waals surface area contributed by atoms with Crippen molar-refractivity contribution >= 4 is 11.8 Å². The van der Waals surface area contributed by atoms with Crippen molar-refractivity contribution in [2.24, 2.45) is 5.92 Å². The van der Waals surface area contributed by atoms with Crippen LogP contribution in [-0.2, 0) is 0 Å². The molecule has 100 valence electrons. The van der Waals surface area contributed by atoms with Gasteiger partial charge in [-0.3, -0.25) is 0 Å². The molecule has 2 fully saturated rings. The predicted molar refractivity (Wildman–Crippen MR) is 74.6 cm³/mol. The minimum atomic E-state index is -0.438. The van der Waals surface area contributed by atoms with Gasteiger partial charge in [0.15, 0.2) is 0 Å². The second-order valence-electron chi connectivity index (χ2n) is 5.67. The molecule has 0 aliphatic carbocycles. The lowest BCUT2D eigenvalue weighted by Crippen LogP contribution is -2.52. The van der Waals surface area contributed by atoms with Crippen LogP contribution < -0.4 is 5.32 Å². The monoisotopic (exact) mass is 258 g/mol. The zero-order chi connectivity index (χ0) is 12.3. The van der Waals surface area contributed by atoms with Gasteiger partial charge in [-0.15, -0.1) is 0 Å². The van der Waals surface area contributed by atoms with E-state index in [0.29, 0.717) is 12.0 Å². The molecule has 0 spiro atoms. The normalized spacial score (nSPS) is 39.7. The van der Waals surface area contributed by atoms with Crippen LogP contribution in [-0.4, -0.2) is 59.3 Å². The highest BCUT2D eigenvalue weighted by atomic mass is 32.2. The van der Waals surface area contributed by atoms with Gasteiger partial charge < -0.3 is 15.3 Å². The van der Waals surface area contributed by atoms with E-state index >= 15 is 0 Å². The first kappa shape index (κ1) is 13.7. The molecule has 0 aromatic rings. The molecule has 2 N–H and O–H groups in total. The molecule has 3 unspecified atom stereocenters. The summed E-state index contributed by atoms with van der Waals surface area (Å²) in [6.07, 6.45) is 2.17. The number of hydrogen-bond acceptors (Lipinski definition) is 4. The lowest BCUT2D eigenvalue weighted by atomic mass is 9.92. The molecule has 0 radical (unpaired) electrons. The maximum Gasteiger partial charge on any atom is 0.0869 e. The molecule has 2 aliphatic heterocycles. The van der Waals surface area contributed by atoms with E-state index in [1.165, 1.54) is 19.5 Å². The number of rotatable bonds is 4. The lowest BCUT2D eigenvalue weighted by Gasteiger charge is -2.38. The zero-order valence-corrected chi connectivity index (χ0v) is 11.9. The predicted octanol–water partition coefficient (Wildman–Crippen LogP) is 1.17. The van der Waals surface area contributed by atoms with Crippen LogP contribution in [0.3, 0.4) is 0 Å². The lowest BCUT2D eigenvalue weighted by molar-refractivity contribution is 0.0553. The number of nitrogens with zero attached hydrogens (tertiary/aromatic N) is 1. The standard InChI is InChI=1S/C13H26N2OS/c1-3-15-6-4-12(11(2)8-15)14-9-13(16)5-7-17-10-13/h11-12,14,16H,3-10H2,1-2H3. The first-order valence-electron chi connectivity index (χ1n) is 6.89. The van der Waals surface area contributed by atoms with Crippen LogP contribution in [0.15, 0.2) is 0 Å². The van der Waals surface area contributed by atoms with Gasteiger partial charge in [0.2, 0.25) is 0 Å². The maximum absolute atomic E-state index is 10.3. The fourth-order valence-corrected chi connectivity index (χ4v) is 4.17. The van der Waals surface area contributed by atoms with E-state index in [4.69, 9.17) is 0 Å². The molecule has 0 amide bonds. The van der Waals surface area contributed by atoms with Gasteiger partial charge in [-0.05, 0) is 37.6 Å². The van der Waals surface area contributed by atoms with Crippen molar-refractivity contribution in [3.63, 3.8) is 0 Å². The van der Waals surface area contributed by atoms with Gasteiger partial charge in [0.05, 0.1) is 5.60 Å². The first-order chi connectivity index (χ1) is 8.13. The Morgan fingerprint density at radius 3 is 2.94 bits per heavy atom. The van der Waals surface area contributed by atoms with Gasteiger partial charge in [0.25, 0.3) is 0 Å². The van der Waals surface area contributed by atoms with Crippen molar-refractivity contribution in [2.45, 2.75) is 38.3 Å². The summed E-state index contributed by atoms with van der Waals surface area (Å²) in [5, 5.41) is 13.9. The third-order valence-electron chi connectivity index (χ3n) is 4.21. The Morgan fingerprint density at radius 1 is 1.53 bits per heavy atom. The SMILES string of the molecule is CCN1CCC(NCC2(O)CCSC2)C(C)C1. The quantitative estimate of drug-likeness (QED) is 0.794. The van der Waals surface area contributed by atoms with E-state index in [9.17, 15) is 5.11 Å². The molecule has 0 saturated carbocycles. The number of hydrogen-bond donors (Lipinski definition) is 2. The van der Waals surface area contributed by atoms with Crippen LogP contribution in [0, 0.1) is 5.92 Å². The molecule has 2 heterocycles. The molecule has 0 aromatic carbocycles. The Hall–Kier alpha value is 0.230. The summed E-state index contributed by atoms with van der Waals surface area (Å²) in [6.45, 7) is 8.90. The molecule has 2 aliphatic rings. The smallest absolute Gasteiger partial charge is 0.0869 e. The van der Waals surface area contributed by atoms with E-state index in [-0.39, 0.29) is 0 Å². The molecular formula is C13H26N2OS. The van der Waals surface area contributed by atoms with Crippen LogP contribution in [0.2, 0.25) is 0 Å². The molecule has 0 bridgehead atoms. The number of likely N-dealkylation sites (tertiary alicyclic amines) is 1. The fraction of sp³-hybridized carbons (Fsp3) is 1.00. The van der Waals surface area contributed by atoms with Crippen molar-refractivity contribution in [3.05, 3.63) is 0 Å². The number of aliphatic hydroxyl groups is 1. The van der Waals surface area contributed by atoms with Crippen molar-refractivity contribution in [3.8, 4) is 0 Å². The van der Waals surface area contributed by atoms with Gasteiger partial charge >= 0.3 is 0 Å².